The number of nitro benzene ring substituents is 1. The first-order valence-electron chi connectivity index (χ1n) is 8.79. The van der Waals surface area contributed by atoms with Crippen LogP contribution in [0.1, 0.15) is 24.2 Å². The van der Waals surface area contributed by atoms with Crippen molar-refractivity contribution in [2.24, 2.45) is 4.99 Å². The smallest absolute Gasteiger partial charge is 0.279 e. The Hall–Kier alpha value is -3.29. The molecule has 3 aromatic rings. The number of aromatic nitrogens is 1. The number of rotatable bonds is 5. The molecule has 0 fully saturated rings. The molecule has 1 aromatic heterocycles. The maximum atomic E-state index is 12.6. The second-order valence-electron chi connectivity index (χ2n) is 6.62. The van der Waals surface area contributed by atoms with Gasteiger partial charge in [-0.05, 0) is 44.2 Å². The van der Waals surface area contributed by atoms with Crippen LogP contribution in [0.25, 0.3) is 10.2 Å². The van der Waals surface area contributed by atoms with E-state index in [2.05, 4.69) is 10.9 Å². The summed E-state index contributed by atoms with van der Waals surface area (Å²) in [7, 11) is -3.44. The summed E-state index contributed by atoms with van der Waals surface area (Å²) in [5.74, 6) is 1.91. The minimum Gasteiger partial charge on any atom is -0.305 e. The fraction of sp³-hybridized carbons (Fsp3) is 0.200. The van der Waals surface area contributed by atoms with E-state index in [9.17, 15) is 23.3 Å². The second kappa shape index (κ2) is 8.22. The van der Waals surface area contributed by atoms with Gasteiger partial charge in [0.15, 0.2) is 14.6 Å². The highest BCUT2D eigenvalue weighted by Crippen LogP contribution is 2.23. The minimum atomic E-state index is -3.44. The van der Waals surface area contributed by atoms with E-state index in [1.54, 1.807) is 24.5 Å². The van der Waals surface area contributed by atoms with Gasteiger partial charge in [-0.1, -0.05) is 17.3 Å². The summed E-state index contributed by atoms with van der Waals surface area (Å²) in [5.41, 5.74) is 0.776. The molecule has 154 valence electrons. The topological polar surface area (TPSA) is 112 Å². The lowest BCUT2D eigenvalue weighted by Crippen LogP contribution is -2.17. The number of carbonyl (C=O) groups excluding carboxylic acids is 1. The van der Waals surface area contributed by atoms with Gasteiger partial charge >= 0.3 is 0 Å². The minimum absolute atomic E-state index is 0.0727. The van der Waals surface area contributed by atoms with Crippen molar-refractivity contribution >= 4 is 43.0 Å². The molecule has 8 nitrogen and oxygen atoms in total. The molecular formula is C20H17N3O5S2. The van der Waals surface area contributed by atoms with Crippen LogP contribution >= 0.6 is 11.3 Å². The van der Waals surface area contributed by atoms with Gasteiger partial charge in [-0.3, -0.25) is 14.9 Å². The maximum Gasteiger partial charge on any atom is 0.279 e. The number of carbonyl (C=O) groups is 1. The quantitative estimate of drug-likeness (QED) is 0.342. The van der Waals surface area contributed by atoms with Crippen molar-refractivity contribution in [3.05, 3.63) is 62.9 Å². The molecular weight excluding hydrogens is 426 g/mol. The van der Waals surface area contributed by atoms with E-state index < -0.39 is 25.9 Å². The Bertz CT molecular complexity index is 1360. The first-order valence-corrected chi connectivity index (χ1v) is 11.2. The Labute approximate surface area is 176 Å². The molecule has 0 N–H and O–H groups in total. The second-order valence-corrected chi connectivity index (χ2v) is 10.1. The Morgan fingerprint density at radius 2 is 1.93 bits per heavy atom. The van der Waals surface area contributed by atoms with Crippen molar-refractivity contribution in [1.29, 1.82) is 0 Å². The van der Waals surface area contributed by atoms with Crippen LogP contribution in [0.3, 0.4) is 0 Å². The number of nitrogens with zero attached hydrogens (tertiary/aromatic N) is 3. The van der Waals surface area contributed by atoms with E-state index in [4.69, 9.17) is 6.42 Å². The number of benzene rings is 2. The summed E-state index contributed by atoms with van der Waals surface area (Å²) >= 11 is 1.11. The van der Waals surface area contributed by atoms with Crippen LogP contribution in [0.15, 0.2) is 52.4 Å². The van der Waals surface area contributed by atoms with Crippen molar-refractivity contribution in [1.82, 2.24) is 4.57 Å². The lowest BCUT2D eigenvalue weighted by Gasteiger charge is -2.07. The van der Waals surface area contributed by atoms with Crippen molar-refractivity contribution in [2.45, 2.75) is 30.5 Å². The Kier molecular flexibility index (Phi) is 5.87. The molecule has 0 radical (unpaired) electrons. The van der Waals surface area contributed by atoms with Gasteiger partial charge in [0.1, 0.15) is 0 Å². The molecule has 0 saturated carbocycles. The van der Waals surface area contributed by atoms with Crippen molar-refractivity contribution in [3.8, 4) is 12.3 Å². The van der Waals surface area contributed by atoms with Gasteiger partial charge in [0.2, 0.25) is 0 Å². The normalized spacial score (nSPS) is 12.3. The molecule has 1 amide bonds. The average molecular weight is 444 g/mol. The number of sulfone groups is 1. The first-order chi connectivity index (χ1) is 14.1. The van der Waals surface area contributed by atoms with Crippen molar-refractivity contribution in [2.75, 3.05) is 0 Å². The lowest BCUT2D eigenvalue weighted by molar-refractivity contribution is -0.384. The van der Waals surface area contributed by atoms with Gasteiger partial charge in [-0.25, -0.2) is 8.42 Å². The molecule has 0 saturated heterocycles. The summed E-state index contributed by atoms with van der Waals surface area (Å²) in [6.45, 7) is 3.30. The van der Waals surface area contributed by atoms with E-state index in [-0.39, 0.29) is 22.7 Å². The largest absolute Gasteiger partial charge is 0.305 e. The van der Waals surface area contributed by atoms with Gasteiger partial charge in [-0.15, -0.1) is 6.42 Å². The maximum absolute atomic E-state index is 12.6. The predicted molar refractivity (Wildman–Crippen MR) is 114 cm³/mol. The zero-order valence-corrected chi connectivity index (χ0v) is 17.7. The van der Waals surface area contributed by atoms with Crippen molar-refractivity contribution in [3.63, 3.8) is 0 Å². The zero-order valence-electron chi connectivity index (χ0n) is 16.1. The van der Waals surface area contributed by atoms with E-state index in [0.29, 0.717) is 15.0 Å². The molecule has 0 aliphatic rings. The van der Waals surface area contributed by atoms with Crippen LogP contribution in [0.4, 0.5) is 5.69 Å². The summed E-state index contributed by atoms with van der Waals surface area (Å²) in [6, 6.07) is 9.90. The third-order valence-electron chi connectivity index (χ3n) is 4.37. The molecule has 0 spiro atoms. The van der Waals surface area contributed by atoms with E-state index in [1.165, 1.54) is 36.4 Å². The molecule has 10 heteroatoms. The van der Waals surface area contributed by atoms with Crippen LogP contribution in [0.2, 0.25) is 0 Å². The van der Waals surface area contributed by atoms with Crippen molar-refractivity contribution < 1.29 is 18.1 Å². The molecule has 0 aliphatic carbocycles. The van der Waals surface area contributed by atoms with E-state index in [0.717, 1.165) is 11.3 Å². The number of thiazole rings is 1. The molecule has 30 heavy (non-hydrogen) atoms. The third-order valence-corrected chi connectivity index (χ3v) is 7.59. The van der Waals surface area contributed by atoms with Gasteiger partial charge in [0, 0.05) is 17.7 Å². The number of nitro groups is 1. The fourth-order valence-electron chi connectivity index (χ4n) is 2.72. The number of amides is 1. The molecule has 1 heterocycles. The van der Waals surface area contributed by atoms with Gasteiger partial charge in [-0.2, -0.15) is 4.99 Å². The highest BCUT2D eigenvalue weighted by Gasteiger charge is 2.19. The molecule has 0 unspecified atom stereocenters. The monoisotopic (exact) mass is 443 g/mol. The van der Waals surface area contributed by atoms with Crippen LogP contribution in [-0.4, -0.2) is 29.1 Å². The van der Waals surface area contributed by atoms with Gasteiger partial charge in [0.25, 0.3) is 11.6 Å². The van der Waals surface area contributed by atoms with Crippen LogP contribution < -0.4 is 4.80 Å². The molecule has 0 bridgehead atoms. The van der Waals surface area contributed by atoms with Gasteiger partial charge in [0.05, 0.1) is 31.8 Å². The number of hydrogen-bond donors (Lipinski definition) is 0. The van der Waals surface area contributed by atoms with E-state index >= 15 is 0 Å². The highest BCUT2D eigenvalue weighted by molar-refractivity contribution is 7.92. The Morgan fingerprint density at radius 1 is 1.27 bits per heavy atom. The Balaban J connectivity index is 2.05. The van der Waals surface area contributed by atoms with Crippen LogP contribution in [0, 0.1) is 22.5 Å². The number of non-ortho nitro benzene ring substituents is 1. The average Bonchev–Trinajstić information content (AvgIpc) is 3.04. The highest BCUT2D eigenvalue weighted by atomic mass is 32.2. The number of hydrogen-bond acceptors (Lipinski definition) is 6. The summed E-state index contributed by atoms with van der Waals surface area (Å²) in [6.07, 6.45) is 5.42. The first kappa shape index (κ1) is 21.4. The molecule has 3 rings (SSSR count). The standard InChI is InChI=1S/C20H17N3O5S2/c1-4-11-22-17-10-7-15(23(25)26)12-18(17)29-20(22)21-19(24)14-5-8-16(9-6-14)30(27,28)13(2)3/h1,5-10,12-13H,11H2,2-3H3. The third kappa shape index (κ3) is 4.03. The lowest BCUT2D eigenvalue weighted by atomic mass is 10.2. The molecule has 0 atom stereocenters. The SMILES string of the molecule is C#CCn1c(=NC(=O)c2ccc(S(=O)(=O)C(C)C)cc2)sc2cc([N+](=O)[O-])ccc21. The fourth-order valence-corrected chi connectivity index (χ4v) is 4.84. The summed E-state index contributed by atoms with van der Waals surface area (Å²) in [5, 5.41) is 10.4. The Morgan fingerprint density at radius 3 is 2.50 bits per heavy atom. The van der Waals surface area contributed by atoms with E-state index in [1.807, 2.05) is 0 Å². The number of terminal acetylenes is 1. The van der Waals surface area contributed by atoms with Gasteiger partial charge < -0.3 is 4.57 Å². The molecule has 0 aliphatic heterocycles. The summed E-state index contributed by atoms with van der Waals surface area (Å²) < 4.78 is 26.6. The van der Waals surface area contributed by atoms with Crippen LogP contribution in [-0.2, 0) is 16.4 Å². The molecule has 2 aromatic carbocycles. The predicted octanol–water partition coefficient (Wildman–Crippen LogP) is 3.17. The zero-order chi connectivity index (χ0) is 22.1. The number of fused-ring (bicyclic) bond motifs is 1. The summed E-state index contributed by atoms with van der Waals surface area (Å²) in [4.78, 5) is 27.7. The van der Waals surface area contributed by atoms with Crippen LogP contribution in [0.5, 0.6) is 0 Å².